The maximum atomic E-state index is 12.3. The first-order valence-electron chi connectivity index (χ1n) is 15.4. The number of hydrogen-bond acceptors (Lipinski definition) is 6. The quantitative estimate of drug-likeness (QED) is 0.336. The van der Waals surface area contributed by atoms with Crippen LogP contribution in [-0.2, 0) is 21.0 Å². The summed E-state index contributed by atoms with van der Waals surface area (Å²) in [7, 11) is -2.11. The topological polar surface area (TPSA) is 64.5 Å². The molecule has 0 aromatic carbocycles. The van der Waals surface area contributed by atoms with E-state index >= 15 is 0 Å². The second kappa shape index (κ2) is 11.3. The lowest BCUT2D eigenvalue weighted by Gasteiger charge is -2.45. The number of fused-ring (bicyclic) bond motifs is 1. The van der Waals surface area contributed by atoms with Gasteiger partial charge in [0.15, 0.2) is 8.32 Å². The standard InChI is InChI=1S/C34H54N2O3SSi/c1-20(2)28-27(29(37)31-35-21(3)30(40-31)32(4,5)6)25(22-14-16-38-17-15-22)26-23(36-28)18-34(10,11)19-24(26)39-41(12,13)33(7,8)9/h14,20,24,29,37H,15-19H2,1-13H3/t24?,29-/m1/s1. The molecule has 1 aliphatic carbocycles. The van der Waals surface area contributed by atoms with Gasteiger partial charge in [-0.05, 0) is 72.2 Å². The molecule has 0 fully saturated rings. The smallest absolute Gasteiger partial charge is 0.192 e. The largest absolute Gasteiger partial charge is 0.410 e. The third-order valence-corrected chi connectivity index (χ3v) is 15.3. The van der Waals surface area contributed by atoms with Crippen LogP contribution in [0, 0.1) is 12.3 Å². The van der Waals surface area contributed by atoms with Gasteiger partial charge in [0.1, 0.15) is 11.1 Å². The molecule has 0 radical (unpaired) electrons. The third kappa shape index (κ3) is 6.59. The summed E-state index contributed by atoms with van der Waals surface area (Å²) < 4.78 is 13.1. The van der Waals surface area contributed by atoms with Crippen molar-refractivity contribution in [3.05, 3.63) is 49.7 Å². The summed E-state index contributed by atoms with van der Waals surface area (Å²) in [4.78, 5) is 11.6. The molecule has 228 valence electrons. The Labute approximate surface area is 254 Å². The minimum absolute atomic E-state index is 0.0333. The van der Waals surface area contributed by atoms with Gasteiger partial charge in [-0.2, -0.15) is 0 Å². The highest BCUT2D eigenvalue weighted by Crippen LogP contribution is 2.52. The van der Waals surface area contributed by atoms with Crippen LogP contribution in [0.3, 0.4) is 0 Å². The number of aliphatic hydroxyl groups is 1. The summed E-state index contributed by atoms with van der Waals surface area (Å²) in [6, 6.07) is 0. The molecule has 0 saturated heterocycles. The van der Waals surface area contributed by atoms with E-state index < -0.39 is 14.4 Å². The Hall–Kier alpha value is -1.38. The summed E-state index contributed by atoms with van der Waals surface area (Å²) >= 11 is 1.64. The highest BCUT2D eigenvalue weighted by molar-refractivity contribution is 7.12. The van der Waals surface area contributed by atoms with Gasteiger partial charge in [-0.25, -0.2) is 4.98 Å². The molecule has 0 saturated carbocycles. The number of hydrogen-bond donors (Lipinski definition) is 1. The number of ether oxygens (including phenoxy) is 1. The van der Waals surface area contributed by atoms with Gasteiger partial charge < -0.3 is 14.3 Å². The molecule has 0 spiro atoms. The van der Waals surface area contributed by atoms with Gasteiger partial charge in [0, 0.05) is 21.7 Å². The minimum atomic E-state index is -2.11. The van der Waals surface area contributed by atoms with Gasteiger partial charge >= 0.3 is 0 Å². The summed E-state index contributed by atoms with van der Waals surface area (Å²) in [6.45, 7) is 30.7. The summed E-state index contributed by atoms with van der Waals surface area (Å²) in [5, 5.41) is 13.1. The Morgan fingerprint density at radius 3 is 2.29 bits per heavy atom. The lowest BCUT2D eigenvalue weighted by Crippen LogP contribution is -2.44. The van der Waals surface area contributed by atoms with Crippen LogP contribution in [0.5, 0.6) is 0 Å². The second-order valence-electron chi connectivity index (χ2n) is 15.9. The molecular weight excluding hydrogens is 545 g/mol. The van der Waals surface area contributed by atoms with Crippen molar-refractivity contribution in [2.24, 2.45) is 5.41 Å². The molecule has 2 aliphatic rings. The Kier molecular flexibility index (Phi) is 8.95. The number of aromatic nitrogens is 2. The Morgan fingerprint density at radius 2 is 1.78 bits per heavy atom. The van der Waals surface area contributed by atoms with E-state index in [4.69, 9.17) is 19.1 Å². The van der Waals surface area contributed by atoms with Crippen LogP contribution >= 0.6 is 11.3 Å². The van der Waals surface area contributed by atoms with Crippen molar-refractivity contribution >= 4 is 25.2 Å². The summed E-state index contributed by atoms with van der Waals surface area (Å²) in [6.07, 6.45) is 3.94. The van der Waals surface area contributed by atoms with Crippen molar-refractivity contribution in [1.29, 1.82) is 0 Å². The van der Waals surface area contributed by atoms with Gasteiger partial charge in [-0.1, -0.05) is 75.3 Å². The monoisotopic (exact) mass is 598 g/mol. The Balaban J connectivity index is 2.04. The predicted molar refractivity (Wildman–Crippen MR) is 174 cm³/mol. The van der Waals surface area contributed by atoms with E-state index in [0.717, 1.165) is 52.5 Å². The van der Waals surface area contributed by atoms with Crippen molar-refractivity contribution in [3.63, 3.8) is 0 Å². The maximum Gasteiger partial charge on any atom is 0.192 e. The van der Waals surface area contributed by atoms with Crippen LogP contribution in [0.15, 0.2) is 6.08 Å². The number of thiazole rings is 1. The Morgan fingerprint density at radius 1 is 1.12 bits per heavy atom. The SMILES string of the molecule is Cc1nc([C@H](O)c2c(C(C)C)nc3c(c2C2=CCOCC2)C(O[Si](C)(C)C(C)(C)C)CC(C)(C)C3)sc1C(C)(C)C. The van der Waals surface area contributed by atoms with Crippen molar-refractivity contribution in [2.75, 3.05) is 13.2 Å². The van der Waals surface area contributed by atoms with Crippen LogP contribution in [-0.4, -0.2) is 36.6 Å². The molecule has 7 heteroatoms. The average Bonchev–Trinajstić information content (AvgIpc) is 3.23. The molecule has 4 rings (SSSR count). The zero-order valence-corrected chi connectivity index (χ0v) is 29.7. The second-order valence-corrected chi connectivity index (χ2v) is 21.7. The number of aryl methyl sites for hydroxylation is 1. The fourth-order valence-electron chi connectivity index (χ4n) is 6.10. The number of aliphatic hydroxyl groups excluding tert-OH is 1. The number of rotatable bonds is 6. The number of nitrogens with zero attached hydrogens (tertiary/aromatic N) is 2. The maximum absolute atomic E-state index is 12.3. The number of pyridine rings is 1. The molecule has 2 aromatic heterocycles. The van der Waals surface area contributed by atoms with Gasteiger partial charge in [-0.3, -0.25) is 4.98 Å². The van der Waals surface area contributed by atoms with Crippen LogP contribution in [0.4, 0.5) is 0 Å². The third-order valence-electron chi connectivity index (χ3n) is 9.16. The molecule has 5 nitrogen and oxygen atoms in total. The summed E-state index contributed by atoms with van der Waals surface area (Å²) in [5.41, 5.74) is 7.67. The predicted octanol–water partition coefficient (Wildman–Crippen LogP) is 9.19. The van der Waals surface area contributed by atoms with E-state index in [1.54, 1.807) is 11.3 Å². The molecule has 0 bridgehead atoms. The highest BCUT2D eigenvalue weighted by atomic mass is 32.1. The molecule has 0 amide bonds. The lowest BCUT2D eigenvalue weighted by atomic mass is 9.71. The summed E-state index contributed by atoms with van der Waals surface area (Å²) in [5.74, 6) is 0.150. The van der Waals surface area contributed by atoms with E-state index in [9.17, 15) is 5.11 Å². The first-order chi connectivity index (χ1) is 18.7. The zero-order chi connectivity index (χ0) is 30.7. The van der Waals surface area contributed by atoms with E-state index in [2.05, 4.69) is 95.3 Å². The van der Waals surface area contributed by atoms with Crippen LogP contribution in [0.2, 0.25) is 18.1 Å². The normalized spacial score (nSPS) is 20.7. The molecular formula is C34H54N2O3SSi. The average molecular weight is 599 g/mol. The van der Waals surface area contributed by atoms with Gasteiger partial charge in [0.25, 0.3) is 0 Å². The van der Waals surface area contributed by atoms with Crippen LogP contribution < -0.4 is 0 Å². The van der Waals surface area contributed by atoms with Crippen molar-refractivity contribution in [1.82, 2.24) is 9.97 Å². The zero-order valence-electron chi connectivity index (χ0n) is 27.9. The van der Waals surface area contributed by atoms with Gasteiger partial charge in [0.2, 0.25) is 0 Å². The fraction of sp³-hybridized carbons (Fsp3) is 0.706. The van der Waals surface area contributed by atoms with Gasteiger partial charge in [-0.15, -0.1) is 11.3 Å². The van der Waals surface area contributed by atoms with Crippen molar-refractivity contribution in [3.8, 4) is 0 Å². The molecule has 1 unspecified atom stereocenters. The van der Waals surface area contributed by atoms with Crippen LogP contribution in [0.25, 0.3) is 5.57 Å². The molecule has 41 heavy (non-hydrogen) atoms. The first-order valence-corrected chi connectivity index (χ1v) is 19.1. The van der Waals surface area contributed by atoms with E-state index in [0.29, 0.717) is 13.2 Å². The molecule has 3 heterocycles. The fourth-order valence-corrected chi connectivity index (χ4v) is 8.48. The highest BCUT2D eigenvalue weighted by Gasteiger charge is 2.45. The molecule has 1 N–H and O–H groups in total. The van der Waals surface area contributed by atoms with E-state index in [1.165, 1.54) is 16.0 Å². The first kappa shape index (κ1) is 32.5. The minimum Gasteiger partial charge on any atom is -0.410 e. The van der Waals surface area contributed by atoms with Crippen molar-refractivity contribution in [2.45, 2.75) is 137 Å². The molecule has 1 aliphatic heterocycles. The van der Waals surface area contributed by atoms with E-state index in [1.807, 2.05) is 0 Å². The molecule has 2 atom stereocenters. The van der Waals surface area contributed by atoms with Gasteiger partial charge in [0.05, 0.1) is 30.7 Å². The van der Waals surface area contributed by atoms with Crippen LogP contribution in [0.1, 0.15) is 144 Å². The van der Waals surface area contributed by atoms with Crippen molar-refractivity contribution < 1.29 is 14.3 Å². The molecule has 2 aromatic rings. The Bertz CT molecular complexity index is 1310. The lowest BCUT2D eigenvalue weighted by molar-refractivity contribution is 0.105. The van der Waals surface area contributed by atoms with E-state index in [-0.39, 0.29) is 27.9 Å².